The molecule has 0 spiro atoms. The number of morpholine rings is 1. The molecular weight excluding hydrogens is 580 g/mol. The fourth-order valence-corrected chi connectivity index (χ4v) is 7.22. The number of anilines is 3. The van der Waals surface area contributed by atoms with Gasteiger partial charge in [-0.05, 0) is 58.6 Å². The zero-order chi connectivity index (χ0) is 30.8. The smallest absolute Gasteiger partial charge is 0.410 e. The number of benzene rings is 1. The summed E-state index contributed by atoms with van der Waals surface area (Å²) in [5.74, 6) is 0.966. The van der Waals surface area contributed by atoms with E-state index in [2.05, 4.69) is 15.6 Å². The first-order valence-corrected chi connectivity index (χ1v) is 16.6. The van der Waals surface area contributed by atoms with Crippen molar-refractivity contribution in [2.24, 2.45) is 5.73 Å². The number of nitrogens with two attached hydrogens (primary N) is 1. The van der Waals surface area contributed by atoms with Crippen molar-refractivity contribution in [1.29, 1.82) is 0 Å². The molecule has 0 unspecified atom stereocenters. The van der Waals surface area contributed by atoms with Crippen LogP contribution >= 0.6 is 11.3 Å². The van der Waals surface area contributed by atoms with Gasteiger partial charge in [0, 0.05) is 44.3 Å². The third kappa shape index (κ3) is 6.94. The summed E-state index contributed by atoms with van der Waals surface area (Å²) in [6.07, 6.45) is 5.65. The number of nitrogens with zero attached hydrogens (tertiary/aromatic N) is 4. The Bertz CT molecular complexity index is 1530. The topological polar surface area (TPSA) is 151 Å². The van der Waals surface area contributed by atoms with E-state index in [-0.39, 0.29) is 29.8 Å². The van der Waals surface area contributed by atoms with Crippen LogP contribution in [0.5, 0.6) is 0 Å². The number of ether oxygens (including phenoxy) is 2. The number of thiazole rings is 1. The fourth-order valence-electron chi connectivity index (χ4n) is 6.18. The average molecular weight is 625 g/mol. The first kappa shape index (κ1) is 30.6. The van der Waals surface area contributed by atoms with Crippen LogP contribution in [0.1, 0.15) is 59.3 Å². The number of nitrogens with one attached hydrogen (secondary N) is 3. The lowest BCUT2D eigenvalue weighted by Gasteiger charge is -2.35. The molecule has 2 aromatic heterocycles. The predicted molar refractivity (Wildman–Crippen MR) is 175 cm³/mol. The Morgan fingerprint density at radius 3 is 2.66 bits per heavy atom. The minimum absolute atomic E-state index is 0.100. The van der Waals surface area contributed by atoms with E-state index in [1.54, 1.807) is 4.90 Å². The highest BCUT2D eigenvalue weighted by Crippen LogP contribution is 2.36. The van der Waals surface area contributed by atoms with Gasteiger partial charge in [0.1, 0.15) is 27.5 Å². The monoisotopic (exact) mass is 624 g/mol. The number of carbonyl (C=O) groups is 1. The van der Waals surface area contributed by atoms with Gasteiger partial charge in [-0.3, -0.25) is 9.78 Å². The van der Waals surface area contributed by atoms with Crippen LogP contribution in [-0.4, -0.2) is 89.1 Å². The molecule has 1 aromatic carbocycles. The maximum atomic E-state index is 13.9. The van der Waals surface area contributed by atoms with Crippen LogP contribution in [0.4, 0.5) is 22.2 Å². The molecule has 1 aliphatic carbocycles. The predicted octanol–water partition coefficient (Wildman–Crippen LogP) is 4.38. The summed E-state index contributed by atoms with van der Waals surface area (Å²) in [5.41, 5.74) is 7.76. The number of amides is 1. The largest absolute Gasteiger partial charge is 0.444 e. The Labute approximate surface area is 261 Å². The Morgan fingerprint density at radius 1 is 1.09 bits per heavy atom. The normalized spacial score (nSPS) is 23.0. The number of rotatable bonds is 6. The van der Waals surface area contributed by atoms with Crippen LogP contribution in [0.2, 0.25) is 0 Å². The van der Waals surface area contributed by atoms with Gasteiger partial charge in [0.05, 0.1) is 23.6 Å². The summed E-state index contributed by atoms with van der Waals surface area (Å²) in [4.78, 5) is 43.5. The zero-order valence-electron chi connectivity index (χ0n) is 25.9. The highest BCUT2D eigenvalue weighted by Gasteiger charge is 2.30. The summed E-state index contributed by atoms with van der Waals surface area (Å²) in [6.45, 7) is 9.09. The van der Waals surface area contributed by atoms with Gasteiger partial charge in [-0.2, -0.15) is 4.98 Å². The van der Waals surface area contributed by atoms with E-state index < -0.39 is 5.60 Å². The van der Waals surface area contributed by atoms with Crippen molar-refractivity contribution in [2.45, 2.75) is 83.0 Å². The molecule has 13 heteroatoms. The zero-order valence-corrected chi connectivity index (χ0v) is 26.7. The number of aromatic amines is 1. The molecule has 6 rings (SSSR count). The molecule has 3 atom stereocenters. The summed E-state index contributed by atoms with van der Waals surface area (Å²) in [6, 6.07) is 6.25. The van der Waals surface area contributed by atoms with Gasteiger partial charge >= 0.3 is 6.09 Å². The molecule has 44 heavy (non-hydrogen) atoms. The van der Waals surface area contributed by atoms with Crippen LogP contribution in [0.25, 0.3) is 20.8 Å². The second-order valence-corrected chi connectivity index (χ2v) is 14.0. The van der Waals surface area contributed by atoms with Gasteiger partial charge in [0.25, 0.3) is 5.56 Å². The molecule has 2 saturated heterocycles. The molecular formula is C31H44N8O4S. The Morgan fingerprint density at radius 2 is 1.89 bits per heavy atom. The molecule has 238 valence electrons. The molecule has 0 bridgehead atoms. The van der Waals surface area contributed by atoms with E-state index in [0.29, 0.717) is 61.7 Å². The summed E-state index contributed by atoms with van der Waals surface area (Å²) in [7, 11) is 0. The molecule has 1 saturated carbocycles. The Hall–Kier alpha value is -3.42. The Kier molecular flexibility index (Phi) is 8.97. The van der Waals surface area contributed by atoms with Crippen molar-refractivity contribution in [2.75, 3.05) is 54.9 Å². The number of piperidine rings is 1. The van der Waals surface area contributed by atoms with Crippen molar-refractivity contribution in [3.05, 3.63) is 28.6 Å². The summed E-state index contributed by atoms with van der Waals surface area (Å²) < 4.78 is 12.1. The van der Waals surface area contributed by atoms with Gasteiger partial charge < -0.3 is 35.6 Å². The van der Waals surface area contributed by atoms with Crippen LogP contribution < -0.4 is 26.8 Å². The number of hydrogen-bond donors (Lipinski definition) is 4. The summed E-state index contributed by atoms with van der Waals surface area (Å²) in [5, 5.41) is 7.78. The number of fused-ring (bicyclic) bond motifs is 1. The van der Waals surface area contributed by atoms with Crippen LogP contribution in [0, 0.1) is 0 Å². The first-order chi connectivity index (χ1) is 21.1. The maximum Gasteiger partial charge on any atom is 0.410 e. The number of aromatic nitrogens is 3. The molecule has 3 aromatic rings. The van der Waals surface area contributed by atoms with Crippen molar-refractivity contribution in [1.82, 2.24) is 19.9 Å². The third-order valence-corrected chi connectivity index (χ3v) is 9.46. The number of likely N-dealkylation sites (tertiary alicyclic amines) is 1. The van der Waals surface area contributed by atoms with E-state index in [4.69, 9.17) is 25.2 Å². The lowest BCUT2D eigenvalue weighted by molar-refractivity contribution is 0.0206. The highest BCUT2D eigenvalue weighted by molar-refractivity contribution is 7.21. The molecule has 12 nitrogen and oxygen atoms in total. The molecule has 4 heterocycles. The first-order valence-electron chi connectivity index (χ1n) is 15.8. The number of H-pyrrole nitrogens is 1. The molecule has 3 aliphatic rings. The molecule has 5 N–H and O–H groups in total. The minimum Gasteiger partial charge on any atom is -0.444 e. The number of para-hydroxylation sites is 1. The lowest BCUT2D eigenvalue weighted by Crippen LogP contribution is -2.47. The summed E-state index contributed by atoms with van der Waals surface area (Å²) >= 11 is 1.47. The third-order valence-electron chi connectivity index (χ3n) is 8.42. The molecule has 1 amide bonds. The van der Waals surface area contributed by atoms with Crippen LogP contribution in [-0.2, 0) is 9.47 Å². The van der Waals surface area contributed by atoms with Gasteiger partial charge in [0.2, 0.25) is 5.95 Å². The van der Waals surface area contributed by atoms with Crippen molar-refractivity contribution < 1.29 is 14.3 Å². The van der Waals surface area contributed by atoms with Crippen molar-refractivity contribution in [3.8, 4) is 10.6 Å². The quantitative estimate of drug-likeness (QED) is 0.311. The molecule has 0 radical (unpaired) electrons. The van der Waals surface area contributed by atoms with E-state index >= 15 is 0 Å². The SMILES string of the molecule is CC(C)(C)OC(=O)N1CCC[C@@H](Nc2nc(N3CCOCC3)[nH]c(=O)c2-c2nc3c(N[C@H]4CCCC[C@H]4N)cccc3s2)C1. The van der Waals surface area contributed by atoms with E-state index in [9.17, 15) is 9.59 Å². The van der Waals surface area contributed by atoms with Crippen LogP contribution in [0.3, 0.4) is 0 Å². The average Bonchev–Trinajstić information content (AvgIpc) is 3.42. The molecule has 3 fully saturated rings. The number of hydrogen-bond acceptors (Lipinski definition) is 11. The standard InChI is InChI=1S/C31H44N8O4S/c1-31(2,3)43-30(41)39-13-7-8-19(18-39)33-26-24(27(40)37-29(36-26)38-14-16-42-17-15-38)28-35-25-22(11-6-12-23(25)44-28)34-21-10-5-4-9-20(21)32/h6,11-12,19-21,34H,4-5,7-10,13-18,32H2,1-3H3,(H2,33,36,37,40)/t19-,20-,21+/m1/s1. The van der Waals surface area contributed by atoms with E-state index in [0.717, 1.165) is 54.4 Å². The Balaban J connectivity index is 1.33. The van der Waals surface area contributed by atoms with Crippen molar-refractivity contribution in [3.63, 3.8) is 0 Å². The lowest BCUT2D eigenvalue weighted by atomic mass is 9.91. The van der Waals surface area contributed by atoms with Gasteiger partial charge in [-0.25, -0.2) is 9.78 Å². The maximum absolute atomic E-state index is 13.9. The van der Waals surface area contributed by atoms with Gasteiger partial charge in [0.15, 0.2) is 0 Å². The van der Waals surface area contributed by atoms with E-state index in [1.165, 1.54) is 11.3 Å². The number of carbonyl (C=O) groups excluding carboxylic acids is 1. The highest BCUT2D eigenvalue weighted by atomic mass is 32.1. The van der Waals surface area contributed by atoms with E-state index in [1.807, 2.05) is 43.9 Å². The van der Waals surface area contributed by atoms with Gasteiger partial charge in [-0.1, -0.05) is 18.9 Å². The fraction of sp³-hybridized carbons (Fsp3) is 0.613. The second kappa shape index (κ2) is 12.9. The molecule has 2 aliphatic heterocycles. The minimum atomic E-state index is -0.575. The van der Waals surface area contributed by atoms with Gasteiger partial charge in [-0.15, -0.1) is 11.3 Å². The van der Waals surface area contributed by atoms with Crippen molar-refractivity contribution >= 4 is 45.1 Å². The second-order valence-electron chi connectivity index (χ2n) is 13.0. The van der Waals surface area contributed by atoms with Crippen LogP contribution in [0.15, 0.2) is 23.0 Å².